The molecule has 0 radical (unpaired) electrons. The molecule has 176 valence electrons. The molecule has 2 aromatic carbocycles. The summed E-state index contributed by atoms with van der Waals surface area (Å²) in [5.74, 6) is 0.525. The second-order valence-corrected chi connectivity index (χ2v) is 10.2. The standard InChI is InChI=1S/C26H27N3O3S2/c1-18(30)22(29-26(31)23-15-27-17-28-23)13-10-20-5-2-3-6-24(20)32-16-19-8-11-21(12-9-19)34-25-7-4-14-33-25/h2-9,11-12,14-15,17-18,22,30H,10,13,16H2,1H3,(H,27,28)(H,29,31)/t18-,22+/m0/s1. The van der Waals surface area contributed by atoms with Gasteiger partial charge in [-0.3, -0.25) is 4.79 Å². The lowest BCUT2D eigenvalue weighted by atomic mass is 10.0. The van der Waals surface area contributed by atoms with Crippen molar-refractivity contribution in [3.8, 4) is 5.75 Å². The zero-order valence-corrected chi connectivity index (χ0v) is 20.4. The number of H-pyrrole nitrogens is 1. The SMILES string of the molecule is C[C@H](O)[C@@H](CCc1ccccc1OCc1ccc(Sc2cccs2)cc1)NC(=O)c1cnc[nH]1. The van der Waals surface area contributed by atoms with E-state index in [0.717, 1.165) is 16.9 Å². The highest BCUT2D eigenvalue weighted by Crippen LogP contribution is 2.31. The van der Waals surface area contributed by atoms with Crippen molar-refractivity contribution < 1.29 is 14.6 Å². The van der Waals surface area contributed by atoms with Crippen molar-refractivity contribution >= 4 is 29.0 Å². The summed E-state index contributed by atoms with van der Waals surface area (Å²) in [4.78, 5) is 20.2. The van der Waals surface area contributed by atoms with Crippen LogP contribution in [0.3, 0.4) is 0 Å². The van der Waals surface area contributed by atoms with Gasteiger partial charge in [-0.1, -0.05) is 48.2 Å². The van der Waals surface area contributed by atoms with Crippen molar-refractivity contribution in [1.82, 2.24) is 15.3 Å². The fourth-order valence-electron chi connectivity index (χ4n) is 3.47. The topological polar surface area (TPSA) is 87.2 Å². The highest BCUT2D eigenvalue weighted by molar-refractivity contribution is 8.01. The molecule has 0 bridgehead atoms. The van der Waals surface area contributed by atoms with E-state index in [9.17, 15) is 9.90 Å². The fraction of sp³-hybridized carbons (Fsp3) is 0.231. The fourth-order valence-corrected chi connectivity index (χ4v) is 5.22. The lowest BCUT2D eigenvalue weighted by molar-refractivity contribution is 0.0846. The van der Waals surface area contributed by atoms with Gasteiger partial charge in [-0.15, -0.1) is 11.3 Å². The maximum atomic E-state index is 12.4. The quantitative estimate of drug-likeness (QED) is 0.263. The number of para-hydroxylation sites is 1. The molecule has 2 aromatic heterocycles. The summed E-state index contributed by atoms with van der Waals surface area (Å²) in [6.07, 6.45) is 3.46. The van der Waals surface area contributed by atoms with Crippen molar-refractivity contribution in [3.63, 3.8) is 0 Å². The van der Waals surface area contributed by atoms with Crippen molar-refractivity contribution in [1.29, 1.82) is 0 Å². The van der Waals surface area contributed by atoms with E-state index >= 15 is 0 Å². The van der Waals surface area contributed by atoms with Gasteiger partial charge >= 0.3 is 0 Å². The van der Waals surface area contributed by atoms with Crippen LogP contribution >= 0.6 is 23.1 Å². The number of aromatic nitrogens is 2. The second-order valence-electron chi connectivity index (χ2n) is 7.90. The van der Waals surface area contributed by atoms with Crippen LogP contribution in [0.15, 0.2) is 87.7 Å². The number of imidazole rings is 1. The predicted molar refractivity (Wildman–Crippen MR) is 136 cm³/mol. The van der Waals surface area contributed by atoms with Crippen molar-refractivity contribution in [2.75, 3.05) is 0 Å². The van der Waals surface area contributed by atoms with Crippen LogP contribution in [-0.2, 0) is 13.0 Å². The molecule has 1 amide bonds. The van der Waals surface area contributed by atoms with E-state index in [1.54, 1.807) is 30.0 Å². The largest absolute Gasteiger partial charge is 0.489 e. The molecule has 0 unspecified atom stereocenters. The Bertz CT molecular complexity index is 1160. The molecule has 0 saturated carbocycles. The number of aromatic amines is 1. The molecule has 4 aromatic rings. The zero-order valence-electron chi connectivity index (χ0n) is 18.8. The summed E-state index contributed by atoms with van der Waals surface area (Å²) in [5.41, 5.74) is 2.50. The number of hydrogen-bond donors (Lipinski definition) is 3. The number of aliphatic hydroxyl groups is 1. The van der Waals surface area contributed by atoms with Crippen LogP contribution in [0.4, 0.5) is 0 Å². The molecule has 8 heteroatoms. The van der Waals surface area contributed by atoms with Crippen LogP contribution < -0.4 is 10.1 Å². The van der Waals surface area contributed by atoms with Gasteiger partial charge in [-0.05, 0) is 60.5 Å². The van der Waals surface area contributed by atoms with E-state index in [2.05, 4.69) is 57.1 Å². The molecule has 0 aliphatic carbocycles. The van der Waals surface area contributed by atoms with Gasteiger partial charge in [0, 0.05) is 4.90 Å². The first kappa shape index (κ1) is 24.1. The number of aryl methyl sites for hydroxylation is 1. The van der Waals surface area contributed by atoms with Gasteiger partial charge in [0.25, 0.3) is 5.91 Å². The molecule has 4 rings (SSSR count). The Morgan fingerprint density at radius 1 is 1.18 bits per heavy atom. The summed E-state index contributed by atoms with van der Waals surface area (Å²) in [5, 5.41) is 15.2. The van der Waals surface area contributed by atoms with Gasteiger partial charge in [-0.2, -0.15) is 0 Å². The zero-order chi connectivity index (χ0) is 23.8. The first-order chi connectivity index (χ1) is 16.6. The number of ether oxygens (including phenoxy) is 1. The number of amides is 1. The Kier molecular flexibility index (Phi) is 8.41. The first-order valence-electron chi connectivity index (χ1n) is 11.1. The maximum absolute atomic E-state index is 12.4. The second kappa shape index (κ2) is 11.9. The van der Waals surface area contributed by atoms with E-state index in [1.165, 1.54) is 21.6 Å². The van der Waals surface area contributed by atoms with E-state index < -0.39 is 12.1 Å². The van der Waals surface area contributed by atoms with E-state index in [0.29, 0.717) is 25.1 Å². The van der Waals surface area contributed by atoms with Crippen LogP contribution in [0, 0.1) is 0 Å². The van der Waals surface area contributed by atoms with Crippen LogP contribution in [0.2, 0.25) is 0 Å². The Morgan fingerprint density at radius 2 is 2.00 bits per heavy atom. The third-order valence-electron chi connectivity index (χ3n) is 5.37. The molecule has 34 heavy (non-hydrogen) atoms. The predicted octanol–water partition coefficient (Wildman–Crippen LogP) is 5.31. The molecular weight excluding hydrogens is 466 g/mol. The lowest BCUT2D eigenvalue weighted by Gasteiger charge is -2.22. The summed E-state index contributed by atoms with van der Waals surface area (Å²) < 4.78 is 7.41. The molecule has 6 nitrogen and oxygen atoms in total. The van der Waals surface area contributed by atoms with Crippen LogP contribution in [0.5, 0.6) is 5.75 Å². The van der Waals surface area contributed by atoms with E-state index in [-0.39, 0.29) is 5.91 Å². The number of thiophene rings is 1. The normalized spacial score (nSPS) is 12.8. The Morgan fingerprint density at radius 3 is 2.71 bits per heavy atom. The molecular formula is C26H27N3O3S2. The van der Waals surface area contributed by atoms with E-state index in [1.807, 2.05) is 24.3 Å². The van der Waals surface area contributed by atoms with Gasteiger partial charge in [-0.25, -0.2) is 4.98 Å². The molecule has 0 aliphatic rings. The van der Waals surface area contributed by atoms with Gasteiger partial charge in [0.05, 0.1) is 28.9 Å². The minimum atomic E-state index is -0.689. The minimum absolute atomic E-state index is 0.284. The summed E-state index contributed by atoms with van der Waals surface area (Å²) in [6.45, 7) is 2.15. The Hall–Kier alpha value is -3.07. The number of carbonyl (C=O) groups is 1. The summed E-state index contributed by atoms with van der Waals surface area (Å²) in [6, 6.07) is 20.1. The Labute approximate surface area is 207 Å². The highest BCUT2D eigenvalue weighted by atomic mass is 32.2. The van der Waals surface area contributed by atoms with Gasteiger partial charge < -0.3 is 20.1 Å². The molecule has 0 saturated heterocycles. The van der Waals surface area contributed by atoms with Crippen LogP contribution in [0.1, 0.15) is 35.0 Å². The summed E-state index contributed by atoms with van der Waals surface area (Å²) in [7, 11) is 0. The summed E-state index contributed by atoms with van der Waals surface area (Å²) >= 11 is 3.49. The smallest absolute Gasteiger partial charge is 0.269 e. The highest BCUT2D eigenvalue weighted by Gasteiger charge is 2.20. The molecule has 0 aliphatic heterocycles. The first-order valence-corrected chi connectivity index (χ1v) is 12.8. The van der Waals surface area contributed by atoms with Crippen molar-refractivity contribution in [2.24, 2.45) is 0 Å². The van der Waals surface area contributed by atoms with Gasteiger partial charge in [0.2, 0.25) is 0 Å². The average Bonchev–Trinajstić information content (AvgIpc) is 3.56. The molecule has 2 heterocycles. The third kappa shape index (κ3) is 6.72. The average molecular weight is 494 g/mol. The van der Waals surface area contributed by atoms with Gasteiger partial charge in [0.15, 0.2) is 0 Å². The third-order valence-corrected chi connectivity index (χ3v) is 7.42. The van der Waals surface area contributed by atoms with Crippen LogP contribution in [0.25, 0.3) is 0 Å². The number of hydrogen-bond acceptors (Lipinski definition) is 6. The molecule has 3 N–H and O–H groups in total. The number of nitrogens with zero attached hydrogens (tertiary/aromatic N) is 1. The number of benzene rings is 2. The van der Waals surface area contributed by atoms with Crippen LogP contribution in [-0.4, -0.2) is 33.1 Å². The number of carbonyl (C=O) groups excluding carboxylic acids is 1. The maximum Gasteiger partial charge on any atom is 0.269 e. The molecule has 0 fully saturated rings. The minimum Gasteiger partial charge on any atom is -0.489 e. The molecule has 0 spiro atoms. The van der Waals surface area contributed by atoms with Crippen molar-refractivity contribution in [2.45, 2.75) is 47.6 Å². The number of aliphatic hydroxyl groups excluding tert-OH is 1. The number of nitrogens with one attached hydrogen (secondary N) is 2. The molecule has 2 atom stereocenters. The van der Waals surface area contributed by atoms with E-state index in [4.69, 9.17) is 4.74 Å². The Balaban J connectivity index is 1.33. The van der Waals surface area contributed by atoms with Gasteiger partial charge in [0.1, 0.15) is 18.1 Å². The number of rotatable bonds is 11. The monoisotopic (exact) mass is 493 g/mol. The lowest BCUT2D eigenvalue weighted by Crippen LogP contribution is -2.42. The van der Waals surface area contributed by atoms with Crippen molar-refractivity contribution in [3.05, 3.63) is 95.4 Å².